The molecular weight excluding hydrogens is 320 g/mol. The average Bonchev–Trinajstić information content (AvgIpc) is 3.09. The Morgan fingerprint density at radius 3 is 2.72 bits per heavy atom. The van der Waals surface area contributed by atoms with Gasteiger partial charge in [-0.1, -0.05) is 18.2 Å². The molecule has 0 saturated heterocycles. The van der Waals surface area contributed by atoms with Crippen LogP contribution >= 0.6 is 0 Å². The monoisotopic (exact) mass is 342 g/mol. The first-order chi connectivity index (χ1) is 12.1. The number of carbonyl (C=O) groups is 1. The van der Waals surface area contributed by atoms with Crippen molar-refractivity contribution in [1.29, 1.82) is 0 Å². The molecule has 1 amide bonds. The Morgan fingerprint density at radius 2 is 1.96 bits per heavy atom. The summed E-state index contributed by atoms with van der Waals surface area (Å²) >= 11 is 0. The zero-order valence-corrected chi connectivity index (χ0v) is 14.6. The number of hydrogen-bond donors (Lipinski definition) is 1. The molecule has 1 N–H and O–H groups in total. The van der Waals surface area contributed by atoms with Gasteiger partial charge < -0.3 is 24.4 Å². The van der Waals surface area contributed by atoms with Crippen molar-refractivity contribution in [3.8, 4) is 17.2 Å². The van der Waals surface area contributed by atoms with Gasteiger partial charge in [-0.2, -0.15) is 0 Å². The van der Waals surface area contributed by atoms with Gasteiger partial charge in [-0.05, 0) is 43.9 Å². The number of ether oxygens (including phenoxy) is 3. The Balaban J connectivity index is 1.73. The van der Waals surface area contributed by atoms with E-state index in [1.807, 2.05) is 44.4 Å². The summed E-state index contributed by atoms with van der Waals surface area (Å²) in [6, 6.07) is 13.0. The van der Waals surface area contributed by atoms with Gasteiger partial charge in [-0.3, -0.25) is 4.79 Å². The Bertz CT molecular complexity index is 761. The van der Waals surface area contributed by atoms with E-state index < -0.39 is 0 Å². The van der Waals surface area contributed by atoms with Crippen molar-refractivity contribution in [2.24, 2.45) is 0 Å². The van der Waals surface area contributed by atoms with Gasteiger partial charge in [0.25, 0.3) is 5.91 Å². The molecule has 6 nitrogen and oxygen atoms in total. The van der Waals surface area contributed by atoms with E-state index in [1.54, 1.807) is 19.2 Å². The standard InChI is InChI=1S/C19H22N2O4/c1-21(2)15(13-8-9-17-18(10-13)25-12-24-17)11-20-19(22)14-6-4-5-7-16(14)23-3/h4-10,15H,11-12H2,1-3H3,(H,20,22)/t15-/m0/s1. The first kappa shape index (κ1) is 17.1. The second-order valence-corrected chi connectivity index (χ2v) is 6.00. The molecule has 1 aliphatic heterocycles. The Morgan fingerprint density at radius 1 is 1.20 bits per heavy atom. The van der Waals surface area contributed by atoms with Crippen LogP contribution in [-0.2, 0) is 0 Å². The second kappa shape index (κ2) is 7.44. The molecule has 1 aliphatic rings. The van der Waals surface area contributed by atoms with E-state index in [9.17, 15) is 4.79 Å². The maximum Gasteiger partial charge on any atom is 0.255 e. The van der Waals surface area contributed by atoms with Crippen molar-refractivity contribution < 1.29 is 19.0 Å². The molecule has 0 aromatic heterocycles. The molecule has 1 heterocycles. The molecule has 0 fully saturated rings. The van der Waals surface area contributed by atoms with E-state index in [1.165, 1.54) is 0 Å². The van der Waals surface area contributed by atoms with E-state index in [4.69, 9.17) is 14.2 Å². The van der Waals surface area contributed by atoms with Gasteiger partial charge in [-0.25, -0.2) is 0 Å². The number of amides is 1. The van der Waals surface area contributed by atoms with Crippen LogP contribution in [0.5, 0.6) is 17.2 Å². The number of benzene rings is 2. The molecule has 0 radical (unpaired) electrons. The topological polar surface area (TPSA) is 60.0 Å². The maximum atomic E-state index is 12.5. The highest BCUT2D eigenvalue weighted by Gasteiger charge is 2.21. The third-order valence-electron chi connectivity index (χ3n) is 4.21. The molecule has 2 aromatic carbocycles. The predicted octanol–water partition coefficient (Wildman–Crippen LogP) is 2.46. The summed E-state index contributed by atoms with van der Waals surface area (Å²) in [7, 11) is 5.51. The van der Waals surface area contributed by atoms with Gasteiger partial charge in [-0.15, -0.1) is 0 Å². The molecule has 0 spiro atoms. The van der Waals surface area contributed by atoms with Gasteiger partial charge >= 0.3 is 0 Å². The third kappa shape index (κ3) is 3.69. The Hall–Kier alpha value is -2.73. The lowest BCUT2D eigenvalue weighted by atomic mass is 10.0. The maximum absolute atomic E-state index is 12.5. The first-order valence-electron chi connectivity index (χ1n) is 8.07. The molecule has 0 bridgehead atoms. The number of nitrogens with one attached hydrogen (secondary N) is 1. The van der Waals surface area contributed by atoms with Crippen LogP contribution in [0.15, 0.2) is 42.5 Å². The van der Waals surface area contributed by atoms with Crippen LogP contribution in [0.3, 0.4) is 0 Å². The van der Waals surface area contributed by atoms with Crippen molar-refractivity contribution >= 4 is 5.91 Å². The summed E-state index contributed by atoms with van der Waals surface area (Å²) in [5, 5.41) is 2.99. The van der Waals surface area contributed by atoms with Crippen LogP contribution in [0.4, 0.5) is 0 Å². The summed E-state index contributed by atoms with van der Waals surface area (Å²) in [5.74, 6) is 1.88. The first-order valence-corrected chi connectivity index (χ1v) is 8.07. The highest BCUT2D eigenvalue weighted by Crippen LogP contribution is 2.35. The third-order valence-corrected chi connectivity index (χ3v) is 4.21. The van der Waals surface area contributed by atoms with Gasteiger partial charge in [0.1, 0.15) is 5.75 Å². The van der Waals surface area contributed by atoms with E-state index in [2.05, 4.69) is 10.2 Å². The van der Waals surface area contributed by atoms with E-state index >= 15 is 0 Å². The minimum absolute atomic E-state index is 0.00755. The average molecular weight is 342 g/mol. The highest BCUT2D eigenvalue weighted by molar-refractivity contribution is 5.96. The summed E-state index contributed by atoms with van der Waals surface area (Å²) in [6.45, 7) is 0.708. The fourth-order valence-corrected chi connectivity index (χ4v) is 2.84. The van der Waals surface area contributed by atoms with Gasteiger partial charge in [0.05, 0.1) is 18.7 Å². The summed E-state index contributed by atoms with van der Waals surface area (Å²) < 4.78 is 16.1. The van der Waals surface area contributed by atoms with Gasteiger partial charge in [0.15, 0.2) is 11.5 Å². The molecule has 0 unspecified atom stereocenters. The molecule has 132 valence electrons. The molecule has 3 rings (SSSR count). The van der Waals surface area contributed by atoms with Crippen molar-refractivity contribution in [3.63, 3.8) is 0 Å². The van der Waals surface area contributed by atoms with E-state index in [-0.39, 0.29) is 18.7 Å². The Kier molecular flexibility index (Phi) is 5.09. The van der Waals surface area contributed by atoms with Crippen LogP contribution in [0.25, 0.3) is 0 Å². The number of nitrogens with zero attached hydrogens (tertiary/aromatic N) is 1. The number of methoxy groups -OCH3 is 1. The number of likely N-dealkylation sites (N-methyl/N-ethyl adjacent to an activating group) is 1. The lowest BCUT2D eigenvalue weighted by molar-refractivity contribution is 0.0939. The normalized spacial score (nSPS) is 13.6. The lowest BCUT2D eigenvalue weighted by Crippen LogP contribution is -2.34. The number of carbonyl (C=O) groups excluding carboxylic acids is 1. The van der Waals surface area contributed by atoms with Crippen molar-refractivity contribution in [1.82, 2.24) is 10.2 Å². The molecule has 1 atom stereocenters. The second-order valence-electron chi connectivity index (χ2n) is 6.00. The van der Waals surface area contributed by atoms with Crippen LogP contribution in [0.2, 0.25) is 0 Å². The minimum atomic E-state index is -0.162. The van der Waals surface area contributed by atoms with Crippen LogP contribution in [0, 0.1) is 0 Å². The summed E-state index contributed by atoms with van der Waals surface area (Å²) in [5.41, 5.74) is 1.57. The van der Waals surface area contributed by atoms with E-state index in [0.717, 1.165) is 17.1 Å². The molecule has 2 aromatic rings. The summed E-state index contributed by atoms with van der Waals surface area (Å²) in [4.78, 5) is 14.6. The quantitative estimate of drug-likeness (QED) is 0.874. The molecular formula is C19H22N2O4. The fourth-order valence-electron chi connectivity index (χ4n) is 2.84. The number of fused-ring (bicyclic) bond motifs is 1. The summed E-state index contributed by atoms with van der Waals surface area (Å²) in [6.07, 6.45) is 0. The Labute approximate surface area is 147 Å². The largest absolute Gasteiger partial charge is 0.496 e. The molecule has 0 aliphatic carbocycles. The smallest absolute Gasteiger partial charge is 0.255 e. The van der Waals surface area contributed by atoms with Gasteiger partial charge in [0.2, 0.25) is 6.79 Å². The zero-order chi connectivity index (χ0) is 17.8. The number of para-hydroxylation sites is 1. The zero-order valence-electron chi connectivity index (χ0n) is 14.6. The van der Waals surface area contributed by atoms with Crippen LogP contribution in [-0.4, -0.2) is 45.3 Å². The SMILES string of the molecule is COc1ccccc1C(=O)NC[C@@H](c1ccc2c(c1)OCO2)N(C)C. The van der Waals surface area contributed by atoms with Gasteiger partial charge in [0, 0.05) is 6.54 Å². The molecule has 0 saturated carbocycles. The van der Waals surface area contributed by atoms with Crippen molar-refractivity contribution in [2.45, 2.75) is 6.04 Å². The predicted molar refractivity (Wildman–Crippen MR) is 94.3 cm³/mol. The van der Waals surface area contributed by atoms with Crippen LogP contribution in [0.1, 0.15) is 22.0 Å². The highest BCUT2D eigenvalue weighted by atomic mass is 16.7. The molecule has 6 heteroatoms. The minimum Gasteiger partial charge on any atom is -0.496 e. The van der Waals surface area contributed by atoms with E-state index in [0.29, 0.717) is 17.9 Å². The fraction of sp³-hybridized carbons (Fsp3) is 0.316. The lowest BCUT2D eigenvalue weighted by Gasteiger charge is -2.25. The van der Waals surface area contributed by atoms with Crippen molar-refractivity contribution in [3.05, 3.63) is 53.6 Å². The number of rotatable bonds is 6. The molecule has 25 heavy (non-hydrogen) atoms. The van der Waals surface area contributed by atoms with Crippen molar-refractivity contribution in [2.75, 3.05) is 34.5 Å². The van der Waals surface area contributed by atoms with Crippen LogP contribution < -0.4 is 19.5 Å². The number of hydrogen-bond acceptors (Lipinski definition) is 5.